The topological polar surface area (TPSA) is 451 Å². The molecule has 434 valence electrons. The maximum atomic E-state index is 14.6. The van der Waals surface area contributed by atoms with Crippen molar-refractivity contribution in [3.05, 3.63) is 83.4 Å². The van der Waals surface area contributed by atoms with Gasteiger partial charge in [-0.25, -0.2) is 4.79 Å². The molecule has 4 aliphatic rings. The van der Waals surface area contributed by atoms with Crippen LogP contribution in [0.4, 0.5) is 4.79 Å². The summed E-state index contributed by atoms with van der Waals surface area (Å²) < 4.78 is 14.7. The maximum absolute atomic E-state index is 14.6. The number of phenolic OH excluding ortho intramolecular Hbond substituents is 1. The second kappa shape index (κ2) is 28.2. The fraction of sp³-hybridized carbons (Fsp3) is 0.480. The summed E-state index contributed by atoms with van der Waals surface area (Å²) in [6.07, 6.45) is -17.3. The number of amides is 8. The van der Waals surface area contributed by atoms with E-state index in [0.29, 0.717) is 4.90 Å². The number of aromatic hydroxyl groups is 1. The molecule has 14 unspecified atom stereocenters. The van der Waals surface area contributed by atoms with Crippen LogP contribution in [0.25, 0.3) is 11.1 Å². The van der Waals surface area contributed by atoms with E-state index in [4.69, 9.17) is 14.7 Å². The van der Waals surface area contributed by atoms with Gasteiger partial charge in [0.2, 0.25) is 41.4 Å². The minimum atomic E-state index is -2.53. The largest absolute Gasteiger partial charge is 1.00 e. The van der Waals surface area contributed by atoms with Gasteiger partial charge in [-0.15, -0.1) is 4.33 Å². The van der Waals surface area contributed by atoms with Crippen molar-refractivity contribution < 1.29 is 132 Å². The number of β-amino-alcohol motifs (C(OH)–C–C–N with tert-alkyl or cyclic N) is 1. The molecule has 3 aromatic carbocycles. The van der Waals surface area contributed by atoms with Gasteiger partial charge in [0.05, 0.1) is 36.9 Å². The summed E-state index contributed by atoms with van der Waals surface area (Å²) >= 11 is -0.0848. The van der Waals surface area contributed by atoms with Gasteiger partial charge in [0.25, 0.3) is 12.3 Å². The summed E-state index contributed by atoms with van der Waals surface area (Å²) in [7, 11) is 0. The van der Waals surface area contributed by atoms with Crippen LogP contribution in [0.2, 0.25) is 0 Å². The number of rotatable bonds is 14. The van der Waals surface area contributed by atoms with Crippen molar-refractivity contribution in [2.75, 3.05) is 26.2 Å². The third-order valence-corrected chi connectivity index (χ3v) is 14.6. The van der Waals surface area contributed by atoms with Crippen LogP contribution in [0.5, 0.6) is 11.5 Å². The molecule has 14 atom stereocenters. The Labute approximate surface area is 488 Å². The third-order valence-electron chi connectivity index (χ3n) is 14.3. The van der Waals surface area contributed by atoms with Crippen LogP contribution < -0.4 is 71.3 Å². The number of carbonyl (C=O) groups excluding carboxylic acids is 8. The number of aliphatic hydroxyl groups is 7. The summed E-state index contributed by atoms with van der Waals surface area (Å²) in [6, 6.07) is 5.47. The predicted octanol–water partition coefficient (Wildman–Crippen LogP) is -8.01. The molecule has 3 fully saturated rings. The minimum absolute atomic E-state index is 0. The van der Waals surface area contributed by atoms with E-state index < -0.39 is 189 Å². The number of alkyl carbamates (subject to hydrolysis) is 1. The van der Waals surface area contributed by atoms with Crippen LogP contribution in [-0.2, 0) is 47.7 Å². The van der Waals surface area contributed by atoms with Crippen molar-refractivity contribution in [1.82, 2.24) is 36.4 Å². The fourth-order valence-corrected chi connectivity index (χ4v) is 10.5. The molecule has 15 N–H and O–H groups in total. The van der Waals surface area contributed by atoms with Gasteiger partial charge in [-0.2, -0.15) is 0 Å². The van der Waals surface area contributed by atoms with E-state index in [9.17, 15) is 84.5 Å². The number of benzene rings is 3. The number of nitrogens with one attached hydrogen (secondary N) is 5. The number of ether oxygens (including phenoxy) is 1. The summed E-state index contributed by atoms with van der Waals surface area (Å²) in [5.41, 5.74) is 8.52. The van der Waals surface area contributed by atoms with Crippen LogP contribution in [0.15, 0.2) is 66.7 Å². The molecular weight excluding hydrogens is 1100 g/mol. The molecule has 0 radical (unpaired) electrons. The minimum Gasteiger partial charge on any atom is -0.691 e. The average molecular weight is 1170 g/mol. The number of nitrogens with two attached hydrogens (primary N) is 1. The molecule has 3 aromatic rings. The summed E-state index contributed by atoms with van der Waals surface area (Å²) in [5.74, 6) is -11.5. The van der Waals surface area contributed by atoms with E-state index in [1.165, 1.54) is 6.92 Å². The Balaban J connectivity index is 0.0000106. The number of nitrogens with zero attached hydrogens (tertiary/aromatic N) is 2. The van der Waals surface area contributed by atoms with Gasteiger partial charge in [0.15, 0.2) is 11.5 Å². The van der Waals surface area contributed by atoms with Crippen LogP contribution in [0.1, 0.15) is 61.8 Å². The van der Waals surface area contributed by atoms with Crippen molar-refractivity contribution in [3.8, 4) is 22.6 Å². The molecule has 7 rings (SSSR count). The molecule has 0 aromatic heterocycles. The van der Waals surface area contributed by atoms with Gasteiger partial charge in [-0.05, 0) is 46.9 Å². The Kier molecular flexibility index (Phi) is 22.2. The van der Waals surface area contributed by atoms with Gasteiger partial charge in [0, 0.05) is 44.3 Å². The van der Waals surface area contributed by atoms with E-state index in [1.807, 2.05) is 48.5 Å². The number of fused-ring (bicyclic) bond motifs is 5. The van der Waals surface area contributed by atoms with Crippen LogP contribution in [-0.4, -0.2) is 197 Å². The molecule has 0 spiro atoms. The Morgan fingerprint density at radius 3 is 2.05 bits per heavy atom. The first-order valence-corrected chi connectivity index (χ1v) is 25.8. The van der Waals surface area contributed by atoms with Crippen LogP contribution >= 0.6 is 12.3 Å². The van der Waals surface area contributed by atoms with Gasteiger partial charge >= 0.3 is 35.7 Å². The number of hydrogen-bond donors (Lipinski definition) is 14. The van der Waals surface area contributed by atoms with E-state index >= 15 is 0 Å². The first kappa shape index (κ1) is 63.9. The van der Waals surface area contributed by atoms with E-state index in [2.05, 4.69) is 36.0 Å². The van der Waals surface area contributed by atoms with Crippen molar-refractivity contribution in [2.45, 2.75) is 118 Å². The fourth-order valence-electron chi connectivity index (χ4n) is 10.2. The summed E-state index contributed by atoms with van der Waals surface area (Å²) in [5, 5.41) is 115. The maximum Gasteiger partial charge on any atom is 1.00 e. The SMILES string of the molecule is CC(O)C1NC(=O)C(NC(=O)OCC2c3ccccc3-c3ccccc32)CC(O)CNC(=O)C2C(O)C(C)CN2C(=O)C(C(O)CC(N)=O)NC(=O)C(C(O)C(O)c2ccc(O)c(OSOO[O-])c2)NC(=O)C2CC(O)CN2C1=O.[Na+]. The quantitative estimate of drug-likeness (QED) is 0.0234. The van der Waals surface area contributed by atoms with E-state index in [-0.39, 0.29) is 54.1 Å². The zero-order chi connectivity index (χ0) is 58.3. The second-order valence-electron chi connectivity index (χ2n) is 19.8. The monoisotopic (exact) mass is 1160 g/mol. The molecule has 29 nitrogen and oxygen atoms in total. The van der Waals surface area contributed by atoms with Gasteiger partial charge in [-0.1, -0.05) is 61.5 Å². The Bertz CT molecular complexity index is 2760. The standard InChI is InChI=1S/C50H62N8O21S.Na/c1-21-18-58-40(41(21)65)47(71)52-17-24(60)14-31(53-50(74)76-20-30-28-9-5-3-7-26(28)27-8-4-6-10-29(27)30)44(68)54-37(22(2)59)48(72)57-19-25(61)15-32(57)45(69)56-39(46(70)55-38(49(58)73)34(63)16-36(51)64)43(67)42(66)23-11-12-33(62)35(13-23)77-80-79-78-75;/h3-13,21-22,24-25,30-32,34,37-43,59-63,65-67,75H,14-20H2,1-2H3,(H2,51,64)(H,52,71)(H,53,74)(H,54,68)(H,55,70)(H,56,69);/q;+1/p-1. The molecule has 0 bridgehead atoms. The van der Waals surface area contributed by atoms with Crippen molar-refractivity contribution in [2.24, 2.45) is 11.7 Å². The zero-order valence-electron chi connectivity index (χ0n) is 43.7. The number of hydrogen-bond acceptors (Lipinski definition) is 22. The Hall–Kier alpha value is -6.23. The third kappa shape index (κ3) is 14.9. The molecule has 0 saturated carbocycles. The Morgan fingerprint density at radius 2 is 1.42 bits per heavy atom. The summed E-state index contributed by atoms with van der Waals surface area (Å²) in [4.78, 5) is 114. The Morgan fingerprint density at radius 1 is 0.802 bits per heavy atom. The molecular formula is C50H61N8NaO21S. The molecule has 3 heterocycles. The number of phenols is 1. The van der Waals surface area contributed by atoms with Crippen molar-refractivity contribution in [3.63, 3.8) is 0 Å². The first-order chi connectivity index (χ1) is 38.0. The van der Waals surface area contributed by atoms with E-state index in [1.54, 1.807) is 0 Å². The molecule has 1 aliphatic carbocycles. The van der Waals surface area contributed by atoms with Crippen LogP contribution in [0, 0.1) is 5.92 Å². The number of carbonyl (C=O) groups is 8. The predicted molar refractivity (Wildman–Crippen MR) is 269 cm³/mol. The van der Waals surface area contributed by atoms with E-state index in [0.717, 1.165) is 52.3 Å². The van der Waals surface area contributed by atoms with Crippen LogP contribution in [0.3, 0.4) is 0 Å². The number of primary amides is 1. The molecule has 8 amide bonds. The van der Waals surface area contributed by atoms with Crippen molar-refractivity contribution >= 4 is 59.8 Å². The second-order valence-corrected chi connectivity index (χ2v) is 20.3. The van der Waals surface area contributed by atoms with Crippen molar-refractivity contribution in [1.29, 1.82) is 0 Å². The molecule has 31 heteroatoms. The normalized spacial score (nSPS) is 27.2. The average Bonchev–Trinajstić information content (AvgIpc) is 4.08. The smallest absolute Gasteiger partial charge is 0.691 e. The van der Waals surface area contributed by atoms with Gasteiger partial charge < -0.3 is 97.1 Å². The van der Waals surface area contributed by atoms with Gasteiger partial charge in [0.1, 0.15) is 55.1 Å². The number of aliphatic hydroxyl groups excluding tert-OH is 7. The van der Waals surface area contributed by atoms with Gasteiger partial charge in [-0.3, -0.25) is 38.6 Å². The summed E-state index contributed by atoms with van der Waals surface area (Å²) in [6.45, 7) is 0.445. The zero-order valence-corrected chi connectivity index (χ0v) is 46.5. The first-order valence-electron chi connectivity index (χ1n) is 25.1. The molecule has 3 saturated heterocycles. The molecule has 3 aliphatic heterocycles. The molecule has 81 heavy (non-hydrogen) atoms.